The summed E-state index contributed by atoms with van der Waals surface area (Å²) in [5, 5.41) is 2.54. The smallest absolute Gasteiger partial charge is 0.0247 e. The van der Waals surface area contributed by atoms with Crippen molar-refractivity contribution in [2.45, 2.75) is 57.5 Å². The molecule has 2 fully saturated rings. The largest absolute Gasteiger partial charge is 0.255 e. The zero-order chi connectivity index (χ0) is 8.39. The van der Waals surface area contributed by atoms with Gasteiger partial charge in [-0.2, -0.15) is 0 Å². The lowest BCUT2D eigenvalue weighted by atomic mass is 10.3. The van der Waals surface area contributed by atoms with Gasteiger partial charge in [-0.05, 0) is 32.1 Å². The number of hydrazine groups is 1. The second kappa shape index (κ2) is 3.75. The van der Waals surface area contributed by atoms with Gasteiger partial charge >= 0.3 is 0 Å². The molecule has 0 bridgehead atoms. The number of hydrogen-bond donors (Lipinski definition) is 1. The molecule has 1 N–H and O–H groups in total. The molecule has 0 amide bonds. The van der Waals surface area contributed by atoms with Crippen LogP contribution in [0.25, 0.3) is 0 Å². The average Bonchev–Trinajstić information content (AvgIpc) is 2.87. The molecule has 0 atom stereocenters. The van der Waals surface area contributed by atoms with Crippen molar-refractivity contribution in [1.82, 2.24) is 10.4 Å². The van der Waals surface area contributed by atoms with Crippen LogP contribution in [0.15, 0.2) is 0 Å². The number of nitrogens with zero attached hydrogens (tertiary/aromatic N) is 1. The maximum absolute atomic E-state index is 3.58. The first-order chi connectivity index (χ1) is 5.92. The third-order valence-corrected chi connectivity index (χ3v) is 2.71. The molecule has 0 unspecified atom stereocenters. The molecule has 2 saturated carbocycles. The molecule has 2 nitrogen and oxygen atoms in total. The molecule has 0 aromatic rings. The summed E-state index contributed by atoms with van der Waals surface area (Å²) in [6.45, 7) is 3.43. The van der Waals surface area contributed by atoms with Crippen molar-refractivity contribution in [3.63, 3.8) is 0 Å². The van der Waals surface area contributed by atoms with Gasteiger partial charge in [0.1, 0.15) is 0 Å². The maximum atomic E-state index is 3.58. The van der Waals surface area contributed by atoms with Gasteiger partial charge in [0.2, 0.25) is 0 Å². The van der Waals surface area contributed by atoms with E-state index < -0.39 is 0 Å². The Morgan fingerprint density at radius 1 is 1.17 bits per heavy atom. The van der Waals surface area contributed by atoms with Crippen LogP contribution in [0.1, 0.15) is 45.4 Å². The summed E-state index contributed by atoms with van der Waals surface area (Å²) in [6.07, 6.45) is 8.32. The highest BCUT2D eigenvalue weighted by Crippen LogP contribution is 2.35. The second-order valence-electron chi connectivity index (χ2n) is 4.13. The van der Waals surface area contributed by atoms with Crippen LogP contribution in [-0.4, -0.2) is 23.6 Å². The van der Waals surface area contributed by atoms with Gasteiger partial charge in [-0.25, -0.2) is 5.01 Å². The molecule has 0 aromatic heterocycles. The van der Waals surface area contributed by atoms with Crippen LogP contribution < -0.4 is 5.43 Å². The second-order valence-corrected chi connectivity index (χ2v) is 4.13. The normalized spacial score (nSPS) is 23.5. The third kappa shape index (κ3) is 2.20. The molecular weight excluding hydrogens is 148 g/mol. The van der Waals surface area contributed by atoms with Crippen LogP contribution in [-0.2, 0) is 0 Å². The molecule has 0 aliphatic heterocycles. The minimum atomic E-state index is 0.898. The van der Waals surface area contributed by atoms with Crippen molar-refractivity contribution in [3.05, 3.63) is 0 Å². The van der Waals surface area contributed by atoms with E-state index in [0.29, 0.717) is 0 Å². The van der Waals surface area contributed by atoms with Crippen molar-refractivity contribution in [2.24, 2.45) is 0 Å². The molecule has 0 saturated heterocycles. The van der Waals surface area contributed by atoms with Crippen molar-refractivity contribution in [1.29, 1.82) is 0 Å². The summed E-state index contributed by atoms with van der Waals surface area (Å²) in [5.74, 6) is 0. The Hall–Kier alpha value is -0.0800. The molecular formula is C10H20N2. The monoisotopic (exact) mass is 168 g/mol. The molecule has 0 aromatic carbocycles. The lowest BCUT2D eigenvalue weighted by Gasteiger charge is -2.22. The Balaban J connectivity index is 1.66. The Labute approximate surface area is 75.3 Å². The summed E-state index contributed by atoms with van der Waals surface area (Å²) in [7, 11) is 0. The van der Waals surface area contributed by atoms with E-state index in [2.05, 4.69) is 17.4 Å². The number of nitrogens with one attached hydrogen (secondary N) is 1. The van der Waals surface area contributed by atoms with E-state index in [9.17, 15) is 0 Å². The van der Waals surface area contributed by atoms with E-state index >= 15 is 0 Å². The van der Waals surface area contributed by atoms with Gasteiger partial charge in [-0.15, -0.1) is 0 Å². The van der Waals surface area contributed by atoms with E-state index in [1.165, 1.54) is 45.1 Å². The fourth-order valence-electron chi connectivity index (χ4n) is 1.65. The van der Waals surface area contributed by atoms with Gasteiger partial charge in [0.05, 0.1) is 0 Å². The van der Waals surface area contributed by atoms with Crippen LogP contribution in [0.4, 0.5) is 0 Å². The topological polar surface area (TPSA) is 15.3 Å². The summed E-state index contributed by atoms with van der Waals surface area (Å²) < 4.78 is 0. The summed E-state index contributed by atoms with van der Waals surface area (Å²) in [6, 6.07) is 1.80. The zero-order valence-corrected chi connectivity index (χ0v) is 8.05. The highest BCUT2D eigenvalue weighted by Gasteiger charge is 2.38. The molecule has 2 aliphatic carbocycles. The van der Waals surface area contributed by atoms with Gasteiger partial charge in [0.15, 0.2) is 0 Å². The Kier molecular flexibility index (Phi) is 2.66. The Bertz CT molecular complexity index is 127. The zero-order valence-electron chi connectivity index (χ0n) is 8.05. The summed E-state index contributed by atoms with van der Waals surface area (Å²) >= 11 is 0. The lowest BCUT2D eigenvalue weighted by Crippen LogP contribution is -2.41. The van der Waals surface area contributed by atoms with Gasteiger partial charge in [0, 0.05) is 18.6 Å². The summed E-state index contributed by atoms with van der Waals surface area (Å²) in [5.41, 5.74) is 3.58. The first kappa shape index (κ1) is 8.52. The van der Waals surface area contributed by atoms with Crippen LogP contribution in [0.5, 0.6) is 0 Å². The van der Waals surface area contributed by atoms with Crippen molar-refractivity contribution in [2.75, 3.05) is 6.54 Å². The molecule has 0 spiro atoms. The standard InChI is InChI=1S/C10H20N2/c1-2-3-8-11-12(9-4-5-9)10-6-7-10/h9-11H,2-8H2,1H3. The molecule has 12 heavy (non-hydrogen) atoms. The predicted molar refractivity (Wildman–Crippen MR) is 50.8 cm³/mol. The highest BCUT2D eigenvalue weighted by atomic mass is 15.6. The molecule has 70 valence electrons. The fraction of sp³-hybridized carbons (Fsp3) is 1.00. The van der Waals surface area contributed by atoms with Crippen molar-refractivity contribution < 1.29 is 0 Å². The van der Waals surface area contributed by atoms with E-state index in [-0.39, 0.29) is 0 Å². The number of rotatable bonds is 6. The average molecular weight is 168 g/mol. The van der Waals surface area contributed by atoms with Gasteiger partial charge in [-0.3, -0.25) is 5.43 Å². The van der Waals surface area contributed by atoms with Crippen molar-refractivity contribution in [3.8, 4) is 0 Å². The Morgan fingerprint density at radius 3 is 2.17 bits per heavy atom. The van der Waals surface area contributed by atoms with Gasteiger partial charge < -0.3 is 0 Å². The van der Waals surface area contributed by atoms with Crippen molar-refractivity contribution >= 4 is 0 Å². The quantitative estimate of drug-likeness (QED) is 0.481. The van der Waals surface area contributed by atoms with E-state index in [1.807, 2.05) is 0 Å². The van der Waals surface area contributed by atoms with E-state index in [0.717, 1.165) is 12.1 Å². The number of unbranched alkanes of at least 4 members (excludes halogenated alkanes) is 1. The molecule has 0 heterocycles. The SMILES string of the molecule is CCCCNN(C1CC1)C1CC1. The number of hydrogen-bond acceptors (Lipinski definition) is 2. The minimum absolute atomic E-state index is 0.898. The molecule has 2 aliphatic rings. The van der Waals surface area contributed by atoms with Crippen LogP contribution in [0, 0.1) is 0 Å². The third-order valence-electron chi connectivity index (χ3n) is 2.71. The fourth-order valence-corrected chi connectivity index (χ4v) is 1.65. The first-order valence-corrected chi connectivity index (χ1v) is 5.43. The maximum Gasteiger partial charge on any atom is 0.0247 e. The molecule has 2 heteroatoms. The van der Waals surface area contributed by atoms with Crippen LogP contribution in [0.2, 0.25) is 0 Å². The summed E-state index contributed by atoms with van der Waals surface area (Å²) in [4.78, 5) is 0. The van der Waals surface area contributed by atoms with E-state index in [1.54, 1.807) is 0 Å². The predicted octanol–water partition coefficient (Wildman–Crippen LogP) is 1.92. The van der Waals surface area contributed by atoms with E-state index in [4.69, 9.17) is 0 Å². The lowest BCUT2D eigenvalue weighted by molar-refractivity contribution is 0.165. The molecule has 0 radical (unpaired) electrons. The minimum Gasteiger partial charge on any atom is -0.255 e. The van der Waals surface area contributed by atoms with Crippen LogP contribution >= 0.6 is 0 Å². The molecule has 2 rings (SSSR count). The highest BCUT2D eigenvalue weighted by molar-refractivity contribution is 4.92. The van der Waals surface area contributed by atoms with Crippen LogP contribution in [0.3, 0.4) is 0 Å². The van der Waals surface area contributed by atoms with Gasteiger partial charge in [0.25, 0.3) is 0 Å². The Morgan fingerprint density at radius 2 is 1.75 bits per heavy atom. The first-order valence-electron chi connectivity index (χ1n) is 5.43. The van der Waals surface area contributed by atoms with Gasteiger partial charge in [-0.1, -0.05) is 13.3 Å².